The Balaban J connectivity index is 1.97. The van der Waals surface area contributed by atoms with Gasteiger partial charge in [0, 0.05) is 0 Å². The van der Waals surface area contributed by atoms with Crippen LogP contribution in [0.5, 0.6) is 0 Å². The van der Waals surface area contributed by atoms with Gasteiger partial charge in [-0.15, -0.1) is 6.58 Å². The Morgan fingerprint density at radius 3 is 2.64 bits per heavy atom. The van der Waals surface area contributed by atoms with E-state index in [0.717, 1.165) is 29.9 Å². The Hall–Kier alpha value is -0.195. The number of fused-ring (bicyclic) bond motifs is 2. The third-order valence-electron chi connectivity index (χ3n) is 5.02. The van der Waals surface area contributed by atoms with Gasteiger partial charge in [0.2, 0.25) is 0 Å². The van der Waals surface area contributed by atoms with Gasteiger partial charge in [-0.3, -0.25) is 0 Å². The van der Waals surface area contributed by atoms with Crippen molar-refractivity contribution in [3.63, 3.8) is 0 Å². The van der Waals surface area contributed by atoms with Gasteiger partial charge in [0.1, 0.15) is 7.28 Å². The van der Waals surface area contributed by atoms with Crippen molar-refractivity contribution in [1.29, 1.82) is 0 Å². The average Bonchev–Trinajstić information content (AvgIpc) is 2.15. The normalized spacial score (nSPS) is 43.9. The molecule has 0 aliphatic heterocycles. The summed E-state index contributed by atoms with van der Waals surface area (Å²) >= 11 is 0. The fraction of sp³-hybridized carbons (Fsp3) is 0.846. The maximum absolute atomic E-state index is 3.80. The highest BCUT2D eigenvalue weighted by Crippen LogP contribution is 2.64. The zero-order valence-electron chi connectivity index (χ0n) is 9.79. The first kappa shape index (κ1) is 10.3. The van der Waals surface area contributed by atoms with E-state index in [9.17, 15) is 0 Å². The number of rotatable bonds is 3. The Morgan fingerprint density at radius 1 is 1.43 bits per heavy atom. The smallest absolute Gasteiger partial charge is 0.104 e. The van der Waals surface area contributed by atoms with Crippen LogP contribution in [0.1, 0.15) is 33.6 Å². The van der Waals surface area contributed by atoms with Crippen LogP contribution in [0.2, 0.25) is 12.1 Å². The molecular formula is C13H22B. The second-order valence-electron chi connectivity index (χ2n) is 5.88. The Bertz CT molecular complexity index is 231. The molecule has 1 heteroatoms. The molecule has 0 amide bonds. The highest BCUT2D eigenvalue weighted by Gasteiger charge is 2.55. The van der Waals surface area contributed by atoms with Gasteiger partial charge >= 0.3 is 0 Å². The van der Waals surface area contributed by atoms with Crippen LogP contribution in [-0.2, 0) is 0 Å². The Kier molecular flexibility index (Phi) is 2.53. The van der Waals surface area contributed by atoms with Crippen LogP contribution < -0.4 is 0 Å². The molecule has 0 aromatic carbocycles. The first-order valence-corrected chi connectivity index (χ1v) is 6.01. The first-order valence-electron chi connectivity index (χ1n) is 6.01. The number of hydrogen-bond donors (Lipinski definition) is 0. The zero-order chi connectivity index (χ0) is 10.3. The van der Waals surface area contributed by atoms with Gasteiger partial charge in [0.25, 0.3) is 0 Å². The van der Waals surface area contributed by atoms with E-state index in [1.165, 1.54) is 12.8 Å². The monoisotopic (exact) mass is 189 g/mol. The van der Waals surface area contributed by atoms with E-state index in [2.05, 4.69) is 34.6 Å². The second kappa shape index (κ2) is 3.43. The van der Waals surface area contributed by atoms with Crippen molar-refractivity contribution in [2.45, 2.75) is 45.8 Å². The van der Waals surface area contributed by atoms with Gasteiger partial charge < -0.3 is 0 Å². The van der Waals surface area contributed by atoms with Gasteiger partial charge in [0.05, 0.1) is 0 Å². The van der Waals surface area contributed by atoms with Gasteiger partial charge in [-0.1, -0.05) is 45.4 Å². The number of allylic oxidation sites excluding steroid dienone is 1. The zero-order valence-corrected chi connectivity index (χ0v) is 9.79. The molecule has 14 heavy (non-hydrogen) atoms. The lowest BCUT2D eigenvalue weighted by Crippen LogP contribution is -2.54. The molecule has 0 aromatic heterocycles. The van der Waals surface area contributed by atoms with Crippen molar-refractivity contribution in [1.82, 2.24) is 0 Å². The standard InChI is InChI=1S/C13H22B/c1-5-6-14-12-8-10-7-11(9(12)2)13(10,3)4/h5,9-12H,1,6-8H2,2-4H3/t9-,10-,11-,12-/m1/s1. The molecule has 0 N–H and O–H groups in total. The van der Waals surface area contributed by atoms with Gasteiger partial charge in [-0.2, -0.15) is 0 Å². The molecular weight excluding hydrogens is 167 g/mol. The van der Waals surface area contributed by atoms with E-state index >= 15 is 0 Å². The third-order valence-corrected chi connectivity index (χ3v) is 5.02. The summed E-state index contributed by atoms with van der Waals surface area (Å²) in [5.74, 6) is 3.74. The Morgan fingerprint density at radius 2 is 2.14 bits per heavy atom. The average molecular weight is 189 g/mol. The first-order chi connectivity index (χ1) is 6.57. The fourth-order valence-corrected chi connectivity index (χ4v) is 3.77. The van der Waals surface area contributed by atoms with Crippen LogP contribution in [0.3, 0.4) is 0 Å². The van der Waals surface area contributed by atoms with Gasteiger partial charge in [-0.05, 0) is 29.6 Å². The second-order valence-corrected chi connectivity index (χ2v) is 5.88. The topological polar surface area (TPSA) is 0 Å². The van der Waals surface area contributed by atoms with Crippen molar-refractivity contribution in [3.05, 3.63) is 12.7 Å². The molecule has 0 saturated heterocycles. The maximum Gasteiger partial charge on any atom is 0.118 e. The summed E-state index contributed by atoms with van der Waals surface area (Å²) in [5, 5.41) is 0. The van der Waals surface area contributed by atoms with Crippen molar-refractivity contribution in [2.75, 3.05) is 0 Å². The van der Waals surface area contributed by atoms with Crippen LogP contribution in [0, 0.1) is 23.2 Å². The molecule has 3 aliphatic rings. The molecule has 77 valence electrons. The lowest BCUT2D eigenvalue weighted by atomic mass is 9.37. The summed E-state index contributed by atoms with van der Waals surface area (Å²) in [7, 11) is 2.49. The van der Waals surface area contributed by atoms with E-state index in [1.54, 1.807) is 0 Å². The van der Waals surface area contributed by atoms with Gasteiger partial charge in [-0.25, -0.2) is 0 Å². The maximum atomic E-state index is 3.80. The quantitative estimate of drug-likeness (QED) is 0.468. The molecule has 0 heterocycles. The van der Waals surface area contributed by atoms with Crippen LogP contribution in [0.4, 0.5) is 0 Å². The molecule has 1 radical (unpaired) electrons. The van der Waals surface area contributed by atoms with Crippen LogP contribution in [0.25, 0.3) is 0 Å². The molecule has 0 unspecified atom stereocenters. The molecule has 2 bridgehead atoms. The molecule has 3 aliphatic carbocycles. The van der Waals surface area contributed by atoms with E-state index in [4.69, 9.17) is 0 Å². The molecule has 0 aromatic rings. The van der Waals surface area contributed by atoms with Gasteiger partial charge in [0.15, 0.2) is 0 Å². The summed E-state index contributed by atoms with van der Waals surface area (Å²) in [4.78, 5) is 0. The molecule has 3 saturated carbocycles. The highest BCUT2D eigenvalue weighted by atomic mass is 14.6. The minimum absolute atomic E-state index is 0.637. The lowest BCUT2D eigenvalue weighted by Gasteiger charge is -2.62. The minimum Gasteiger partial charge on any atom is -0.104 e. The minimum atomic E-state index is 0.637. The molecule has 4 atom stereocenters. The van der Waals surface area contributed by atoms with Crippen molar-refractivity contribution in [3.8, 4) is 0 Å². The summed E-state index contributed by atoms with van der Waals surface area (Å²) < 4.78 is 0. The lowest BCUT2D eigenvalue weighted by molar-refractivity contribution is -0.0985. The van der Waals surface area contributed by atoms with Crippen molar-refractivity contribution in [2.24, 2.45) is 23.2 Å². The summed E-state index contributed by atoms with van der Waals surface area (Å²) in [6, 6.07) is 0. The SMILES string of the molecule is C=CC[B][C@@H]1C[C@H]2C[C@H]([C@H]1C)C2(C)C. The highest BCUT2D eigenvalue weighted by molar-refractivity contribution is 6.38. The predicted octanol–water partition coefficient (Wildman–Crippen LogP) is 3.79. The van der Waals surface area contributed by atoms with Crippen LogP contribution in [0.15, 0.2) is 12.7 Å². The van der Waals surface area contributed by atoms with Crippen molar-refractivity contribution >= 4 is 7.28 Å². The summed E-state index contributed by atoms with van der Waals surface area (Å²) in [6.07, 6.45) is 6.04. The van der Waals surface area contributed by atoms with E-state index < -0.39 is 0 Å². The fourth-order valence-electron chi connectivity index (χ4n) is 3.77. The predicted molar refractivity (Wildman–Crippen MR) is 63.7 cm³/mol. The largest absolute Gasteiger partial charge is 0.118 e. The van der Waals surface area contributed by atoms with Crippen LogP contribution in [-0.4, -0.2) is 7.28 Å². The summed E-state index contributed by atoms with van der Waals surface area (Å²) in [5.41, 5.74) is 0.637. The number of hydrogen-bond acceptors (Lipinski definition) is 0. The van der Waals surface area contributed by atoms with E-state index in [1.807, 2.05) is 6.08 Å². The van der Waals surface area contributed by atoms with Crippen LogP contribution >= 0.6 is 0 Å². The molecule has 3 fully saturated rings. The molecule has 3 rings (SSSR count). The van der Waals surface area contributed by atoms with E-state index in [0.29, 0.717) is 5.41 Å². The van der Waals surface area contributed by atoms with Crippen molar-refractivity contribution < 1.29 is 0 Å². The third kappa shape index (κ3) is 1.36. The molecule has 0 spiro atoms. The summed E-state index contributed by atoms with van der Waals surface area (Å²) in [6.45, 7) is 11.2. The molecule has 0 nitrogen and oxygen atoms in total. The van der Waals surface area contributed by atoms with E-state index in [-0.39, 0.29) is 0 Å². The Labute approximate surface area is 89.4 Å².